The molecule has 0 bridgehead atoms. The number of rotatable bonds is 4. The summed E-state index contributed by atoms with van der Waals surface area (Å²) in [5, 5.41) is 13.5. The van der Waals surface area contributed by atoms with Crippen LogP contribution in [-0.4, -0.2) is 34.0 Å². The highest BCUT2D eigenvalue weighted by Gasteiger charge is 2.21. The average molecular weight is 438 g/mol. The maximum Gasteiger partial charge on any atom is 0.140 e. The van der Waals surface area contributed by atoms with Gasteiger partial charge in [-0.05, 0) is 36.6 Å². The van der Waals surface area contributed by atoms with Gasteiger partial charge >= 0.3 is 0 Å². The Morgan fingerprint density at radius 3 is 2.82 bits per heavy atom. The van der Waals surface area contributed by atoms with Gasteiger partial charge in [-0.1, -0.05) is 17.7 Å². The summed E-state index contributed by atoms with van der Waals surface area (Å²) in [6, 6.07) is 8.89. The van der Waals surface area contributed by atoms with Crippen LogP contribution in [0.25, 0.3) is 10.2 Å². The van der Waals surface area contributed by atoms with Crippen molar-refractivity contribution in [3.63, 3.8) is 0 Å². The molecule has 0 radical (unpaired) electrons. The number of hydrogen-bond donors (Lipinski definition) is 1. The molecule has 9 heteroatoms. The first kappa shape index (κ1) is 20.7. The van der Waals surface area contributed by atoms with E-state index >= 15 is 0 Å². The number of piperidine rings is 1. The molecule has 0 aliphatic carbocycles. The van der Waals surface area contributed by atoms with Crippen LogP contribution in [-0.2, 0) is 6.54 Å². The second-order valence-electron chi connectivity index (χ2n) is 6.61. The Bertz CT molecular complexity index is 1010. The zero-order chi connectivity index (χ0) is 18.8. The molecule has 0 saturated carbocycles. The number of anilines is 1. The van der Waals surface area contributed by atoms with Crippen LogP contribution < -0.4 is 5.32 Å². The van der Waals surface area contributed by atoms with Gasteiger partial charge in [0.05, 0.1) is 15.3 Å². The Labute approximate surface area is 177 Å². The predicted octanol–water partition coefficient (Wildman–Crippen LogP) is 4.85. The van der Waals surface area contributed by atoms with E-state index in [0.717, 1.165) is 54.1 Å². The minimum atomic E-state index is -0.464. The lowest BCUT2D eigenvalue weighted by Crippen LogP contribution is -2.38. The van der Waals surface area contributed by atoms with Crippen LogP contribution in [0, 0.1) is 17.1 Å². The highest BCUT2D eigenvalue weighted by Crippen LogP contribution is 2.32. The molecule has 1 N–H and O–H groups in total. The third-order valence-electron chi connectivity index (χ3n) is 4.79. The number of nitrogens with one attached hydrogen (secondary N) is 1. The Morgan fingerprint density at radius 2 is 2.07 bits per heavy atom. The lowest BCUT2D eigenvalue weighted by atomic mass is 10.0. The number of nitrogens with zero attached hydrogens (tertiary/aromatic N) is 4. The van der Waals surface area contributed by atoms with Gasteiger partial charge in [0.1, 0.15) is 28.9 Å². The fraction of sp³-hybridized carbons (Fsp3) is 0.316. The molecule has 1 aliphatic heterocycles. The van der Waals surface area contributed by atoms with Crippen LogP contribution in [0.2, 0.25) is 4.34 Å². The summed E-state index contributed by atoms with van der Waals surface area (Å²) >= 11 is 7.55. The molecule has 28 heavy (non-hydrogen) atoms. The number of nitriles is 1. The molecule has 146 valence electrons. The normalized spacial score (nSPS) is 15.2. The summed E-state index contributed by atoms with van der Waals surface area (Å²) in [5.41, 5.74) is 1.07. The van der Waals surface area contributed by atoms with Crippen molar-refractivity contribution in [1.29, 1.82) is 5.26 Å². The van der Waals surface area contributed by atoms with Crippen LogP contribution in [0.15, 0.2) is 30.6 Å². The van der Waals surface area contributed by atoms with Crippen LogP contribution in [0.3, 0.4) is 0 Å². The monoisotopic (exact) mass is 437 g/mol. The zero-order valence-electron chi connectivity index (χ0n) is 14.9. The highest BCUT2D eigenvalue weighted by atomic mass is 35.5. The van der Waals surface area contributed by atoms with Crippen molar-refractivity contribution >= 4 is 51.4 Å². The van der Waals surface area contributed by atoms with Crippen molar-refractivity contribution in [3.05, 3.63) is 51.9 Å². The number of benzene rings is 1. The molecule has 2 aromatic heterocycles. The number of hydrogen-bond acceptors (Lipinski definition) is 6. The van der Waals surface area contributed by atoms with Crippen LogP contribution in [0.5, 0.6) is 0 Å². The summed E-state index contributed by atoms with van der Waals surface area (Å²) < 4.78 is 14.2. The first-order chi connectivity index (χ1) is 13.1. The Kier molecular flexibility index (Phi) is 6.68. The molecule has 5 nitrogen and oxygen atoms in total. The first-order valence-corrected chi connectivity index (χ1v) is 9.89. The summed E-state index contributed by atoms with van der Waals surface area (Å²) in [6.07, 6.45) is 3.53. The predicted molar refractivity (Wildman–Crippen MR) is 113 cm³/mol. The van der Waals surface area contributed by atoms with Crippen molar-refractivity contribution in [2.45, 2.75) is 25.4 Å². The van der Waals surface area contributed by atoms with Gasteiger partial charge in [0.25, 0.3) is 0 Å². The van der Waals surface area contributed by atoms with E-state index in [1.807, 2.05) is 12.1 Å². The number of thiophene rings is 1. The van der Waals surface area contributed by atoms with Gasteiger partial charge in [-0.2, -0.15) is 5.26 Å². The van der Waals surface area contributed by atoms with Gasteiger partial charge in [-0.25, -0.2) is 14.4 Å². The second-order valence-corrected chi connectivity index (χ2v) is 8.27. The summed E-state index contributed by atoms with van der Waals surface area (Å²) in [4.78, 5) is 11.8. The molecule has 0 atom stereocenters. The molecule has 3 heterocycles. The number of likely N-dealkylation sites (tertiary alicyclic amines) is 1. The average Bonchev–Trinajstić information content (AvgIpc) is 3.06. The highest BCUT2D eigenvalue weighted by molar-refractivity contribution is 7.22. The van der Waals surface area contributed by atoms with Crippen LogP contribution in [0.4, 0.5) is 10.2 Å². The van der Waals surface area contributed by atoms with Gasteiger partial charge in [0, 0.05) is 25.7 Å². The molecule has 1 aliphatic rings. The third kappa shape index (κ3) is 4.53. The largest absolute Gasteiger partial charge is 0.367 e. The van der Waals surface area contributed by atoms with Crippen molar-refractivity contribution in [3.8, 4) is 6.07 Å². The van der Waals surface area contributed by atoms with E-state index in [4.69, 9.17) is 16.9 Å². The number of fused-ring (bicyclic) bond motifs is 1. The summed E-state index contributed by atoms with van der Waals surface area (Å²) in [7, 11) is 0. The number of halogens is 3. The fourth-order valence-corrected chi connectivity index (χ4v) is 4.44. The van der Waals surface area contributed by atoms with Crippen molar-refractivity contribution in [1.82, 2.24) is 14.9 Å². The van der Waals surface area contributed by atoms with Gasteiger partial charge in [-0.15, -0.1) is 23.7 Å². The molecule has 0 spiro atoms. The third-order valence-corrected chi connectivity index (χ3v) is 5.96. The van der Waals surface area contributed by atoms with E-state index in [1.54, 1.807) is 18.5 Å². The SMILES string of the molecule is Cl.N#Cc1cc(CN2CCC(Nc3ncnc4sc(Cl)cc34)CC2)ccc1F. The van der Waals surface area contributed by atoms with Crippen LogP contribution in [0.1, 0.15) is 24.0 Å². The first-order valence-electron chi connectivity index (χ1n) is 8.70. The van der Waals surface area contributed by atoms with E-state index in [2.05, 4.69) is 20.2 Å². The zero-order valence-corrected chi connectivity index (χ0v) is 17.2. The van der Waals surface area contributed by atoms with Gasteiger partial charge < -0.3 is 5.32 Å². The lowest BCUT2D eigenvalue weighted by Gasteiger charge is -2.32. The lowest BCUT2D eigenvalue weighted by molar-refractivity contribution is 0.211. The summed E-state index contributed by atoms with van der Waals surface area (Å²) in [6.45, 7) is 2.57. The van der Waals surface area contributed by atoms with Crippen molar-refractivity contribution in [2.75, 3.05) is 18.4 Å². The molecular weight excluding hydrogens is 420 g/mol. The van der Waals surface area contributed by atoms with Crippen molar-refractivity contribution < 1.29 is 4.39 Å². The molecule has 0 amide bonds. The molecule has 1 saturated heterocycles. The second kappa shape index (κ2) is 9.01. The summed E-state index contributed by atoms with van der Waals surface area (Å²) in [5.74, 6) is 0.368. The van der Waals surface area contributed by atoms with Gasteiger partial charge in [-0.3, -0.25) is 4.90 Å². The standard InChI is InChI=1S/C19H17ClFN5S.ClH/c20-17-8-15-18(23-11-24-19(15)27-17)25-14-3-5-26(6-4-14)10-12-1-2-16(21)13(7-12)9-22;/h1-2,7-8,11,14H,3-6,10H2,(H,23,24,25);1H. The molecule has 3 aromatic rings. The quantitative estimate of drug-likeness (QED) is 0.631. The smallest absolute Gasteiger partial charge is 0.140 e. The minimum Gasteiger partial charge on any atom is -0.367 e. The molecule has 1 aromatic carbocycles. The van der Waals surface area contributed by atoms with E-state index < -0.39 is 5.82 Å². The molecule has 1 fully saturated rings. The Hall–Kier alpha value is -1.98. The Balaban J connectivity index is 0.00000225. The topological polar surface area (TPSA) is 64.8 Å². The van der Waals surface area contributed by atoms with Gasteiger partial charge in [0.2, 0.25) is 0 Å². The minimum absolute atomic E-state index is 0. The van der Waals surface area contributed by atoms with Crippen LogP contribution >= 0.6 is 35.3 Å². The van der Waals surface area contributed by atoms with E-state index in [1.165, 1.54) is 17.4 Å². The fourth-order valence-electron chi connectivity index (χ4n) is 3.38. The van der Waals surface area contributed by atoms with Crippen molar-refractivity contribution in [2.24, 2.45) is 0 Å². The maximum absolute atomic E-state index is 13.5. The molecule has 0 unspecified atom stereocenters. The Morgan fingerprint density at radius 1 is 1.29 bits per heavy atom. The van der Waals surface area contributed by atoms with E-state index in [-0.39, 0.29) is 18.0 Å². The molecule has 4 rings (SSSR count). The van der Waals surface area contributed by atoms with E-state index in [9.17, 15) is 4.39 Å². The maximum atomic E-state index is 13.5. The number of aromatic nitrogens is 2. The van der Waals surface area contributed by atoms with Gasteiger partial charge in [0.15, 0.2) is 0 Å². The molecular formula is C19H18Cl2FN5S. The van der Waals surface area contributed by atoms with E-state index in [0.29, 0.717) is 10.4 Å².